The van der Waals surface area contributed by atoms with Crippen LogP contribution in [0, 0.1) is 0 Å². The van der Waals surface area contributed by atoms with Gasteiger partial charge >= 0.3 is 0 Å². The minimum absolute atomic E-state index is 0.132. The van der Waals surface area contributed by atoms with Gasteiger partial charge in [0.1, 0.15) is 17.3 Å². The molecule has 0 unspecified atom stereocenters. The minimum Gasteiger partial charge on any atom is -0.507 e. The van der Waals surface area contributed by atoms with Gasteiger partial charge in [-0.1, -0.05) is 0 Å². The summed E-state index contributed by atoms with van der Waals surface area (Å²) < 4.78 is 5.35. The standard InChI is InChI=1S/C12H14N4O2S/c1-2-18-9-3-4-10(17)8(5-9)6-14-16-12-15-11(13)7-19-12/h3-7,17H,2,13H2,1H3,(H,15,16). The molecule has 0 spiro atoms. The number of rotatable bonds is 5. The summed E-state index contributed by atoms with van der Waals surface area (Å²) in [4.78, 5) is 4.00. The predicted molar refractivity (Wildman–Crippen MR) is 77.0 cm³/mol. The second kappa shape index (κ2) is 6.05. The SMILES string of the molecule is CCOc1ccc(O)c(C=NNc2nc(N)cs2)c1. The minimum atomic E-state index is 0.132. The molecule has 0 radical (unpaired) electrons. The van der Waals surface area contributed by atoms with Crippen molar-refractivity contribution in [1.82, 2.24) is 4.98 Å². The molecule has 0 bridgehead atoms. The summed E-state index contributed by atoms with van der Waals surface area (Å²) in [5.41, 5.74) is 8.79. The molecule has 0 saturated carbocycles. The Hall–Kier alpha value is -2.28. The lowest BCUT2D eigenvalue weighted by molar-refractivity contribution is 0.339. The number of hydrazone groups is 1. The third kappa shape index (κ3) is 3.59. The molecule has 2 rings (SSSR count). The maximum absolute atomic E-state index is 9.70. The van der Waals surface area contributed by atoms with Gasteiger partial charge in [-0.2, -0.15) is 5.10 Å². The number of nitrogen functional groups attached to an aromatic ring is 1. The summed E-state index contributed by atoms with van der Waals surface area (Å²) in [7, 11) is 0. The molecule has 0 saturated heterocycles. The van der Waals surface area contributed by atoms with Crippen molar-refractivity contribution >= 4 is 28.5 Å². The highest BCUT2D eigenvalue weighted by Crippen LogP contribution is 2.22. The maximum atomic E-state index is 9.70. The van der Waals surface area contributed by atoms with Crippen molar-refractivity contribution in [2.24, 2.45) is 5.10 Å². The Morgan fingerprint density at radius 1 is 1.58 bits per heavy atom. The maximum Gasteiger partial charge on any atom is 0.205 e. The fraction of sp³-hybridized carbons (Fsp3) is 0.167. The topological polar surface area (TPSA) is 92.8 Å². The highest BCUT2D eigenvalue weighted by molar-refractivity contribution is 7.14. The summed E-state index contributed by atoms with van der Waals surface area (Å²) in [6.45, 7) is 2.47. The monoisotopic (exact) mass is 278 g/mol. The third-order valence-corrected chi connectivity index (χ3v) is 2.96. The highest BCUT2D eigenvalue weighted by Gasteiger charge is 2.01. The van der Waals surface area contributed by atoms with Crippen LogP contribution < -0.4 is 15.9 Å². The van der Waals surface area contributed by atoms with E-state index in [2.05, 4.69) is 15.5 Å². The number of aromatic hydroxyl groups is 1. The van der Waals surface area contributed by atoms with Gasteiger partial charge in [0.05, 0.1) is 12.8 Å². The van der Waals surface area contributed by atoms with E-state index in [0.29, 0.717) is 28.9 Å². The number of thiazole rings is 1. The second-order valence-electron chi connectivity index (χ2n) is 3.60. The molecule has 0 aliphatic carbocycles. The Morgan fingerprint density at radius 2 is 2.42 bits per heavy atom. The van der Waals surface area contributed by atoms with Crippen LogP contribution in [0.1, 0.15) is 12.5 Å². The number of hydrogen-bond donors (Lipinski definition) is 3. The first-order valence-corrected chi connectivity index (χ1v) is 6.53. The lowest BCUT2D eigenvalue weighted by Crippen LogP contribution is -1.94. The van der Waals surface area contributed by atoms with Gasteiger partial charge in [0.15, 0.2) is 0 Å². The number of phenols is 1. The largest absolute Gasteiger partial charge is 0.507 e. The molecule has 0 aliphatic heterocycles. The number of aromatic nitrogens is 1. The number of hydrogen-bond acceptors (Lipinski definition) is 7. The van der Waals surface area contributed by atoms with Gasteiger partial charge in [-0.25, -0.2) is 4.98 Å². The van der Waals surface area contributed by atoms with Crippen molar-refractivity contribution in [1.29, 1.82) is 0 Å². The zero-order chi connectivity index (χ0) is 13.7. The van der Waals surface area contributed by atoms with Crippen LogP contribution in [0.5, 0.6) is 11.5 Å². The van der Waals surface area contributed by atoms with Crippen molar-refractivity contribution < 1.29 is 9.84 Å². The molecular formula is C12H14N4O2S. The van der Waals surface area contributed by atoms with Crippen LogP contribution in [0.3, 0.4) is 0 Å². The van der Waals surface area contributed by atoms with Gasteiger partial charge in [0, 0.05) is 10.9 Å². The van der Waals surface area contributed by atoms with E-state index in [4.69, 9.17) is 10.5 Å². The molecule has 6 nitrogen and oxygen atoms in total. The molecule has 19 heavy (non-hydrogen) atoms. The molecule has 2 aromatic rings. The van der Waals surface area contributed by atoms with Crippen LogP contribution >= 0.6 is 11.3 Å². The first-order valence-electron chi connectivity index (χ1n) is 5.65. The van der Waals surface area contributed by atoms with Gasteiger partial charge in [-0.3, -0.25) is 5.43 Å². The van der Waals surface area contributed by atoms with Crippen LogP contribution in [-0.4, -0.2) is 22.9 Å². The summed E-state index contributed by atoms with van der Waals surface area (Å²) in [5.74, 6) is 1.26. The average Bonchev–Trinajstić information content (AvgIpc) is 2.79. The number of nitrogens with one attached hydrogen (secondary N) is 1. The van der Waals surface area contributed by atoms with E-state index in [1.165, 1.54) is 17.6 Å². The van der Waals surface area contributed by atoms with Crippen LogP contribution in [0.2, 0.25) is 0 Å². The van der Waals surface area contributed by atoms with E-state index < -0.39 is 0 Å². The van der Waals surface area contributed by atoms with Crippen molar-refractivity contribution in [2.75, 3.05) is 17.8 Å². The molecule has 100 valence electrons. The zero-order valence-corrected chi connectivity index (χ0v) is 11.1. The van der Waals surface area contributed by atoms with Crippen LogP contribution in [-0.2, 0) is 0 Å². The van der Waals surface area contributed by atoms with Gasteiger partial charge in [-0.15, -0.1) is 11.3 Å². The lowest BCUT2D eigenvalue weighted by atomic mass is 10.2. The van der Waals surface area contributed by atoms with Gasteiger partial charge in [0.25, 0.3) is 0 Å². The van der Waals surface area contributed by atoms with E-state index in [0.717, 1.165) is 0 Å². The quantitative estimate of drug-likeness (QED) is 0.576. The normalized spacial score (nSPS) is 10.8. The van der Waals surface area contributed by atoms with E-state index >= 15 is 0 Å². The summed E-state index contributed by atoms with van der Waals surface area (Å²) in [6, 6.07) is 4.97. The highest BCUT2D eigenvalue weighted by atomic mass is 32.1. The Balaban J connectivity index is 2.07. The van der Waals surface area contributed by atoms with Crippen molar-refractivity contribution in [3.05, 3.63) is 29.1 Å². The Labute approximate surface area is 114 Å². The summed E-state index contributed by atoms with van der Waals surface area (Å²) in [6.07, 6.45) is 1.50. The van der Waals surface area contributed by atoms with Gasteiger partial charge in [0.2, 0.25) is 5.13 Å². The molecule has 0 amide bonds. The fourth-order valence-electron chi connectivity index (χ4n) is 1.39. The molecule has 1 aromatic carbocycles. The van der Waals surface area contributed by atoms with E-state index in [1.54, 1.807) is 23.6 Å². The van der Waals surface area contributed by atoms with E-state index in [1.807, 2.05) is 6.92 Å². The van der Waals surface area contributed by atoms with E-state index in [9.17, 15) is 5.11 Å². The van der Waals surface area contributed by atoms with Gasteiger partial charge < -0.3 is 15.6 Å². The first-order chi connectivity index (χ1) is 9.19. The van der Waals surface area contributed by atoms with E-state index in [-0.39, 0.29) is 5.75 Å². The van der Waals surface area contributed by atoms with Crippen LogP contribution in [0.25, 0.3) is 0 Å². The number of ether oxygens (including phenoxy) is 1. The number of anilines is 2. The second-order valence-corrected chi connectivity index (χ2v) is 4.46. The molecule has 0 fully saturated rings. The Bertz CT molecular complexity index is 583. The molecule has 1 aromatic heterocycles. The molecule has 0 atom stereocenters. The average molecular weight is 278 g/mol. The zero-order valence-electron chi connectivity index (χ0n) is 10.3. The fourth-order valence-corrected chi connectivity index (χ4v) is 1.94. The third-order valence-electron chi connectivity index (χ3n) is 2.20. The number of nitrogens with zero attached hydrogens (tertiary/aromatic N) is 2. The molecule has 7 heteroatoms. The van der Waals surface area contributed by atoms with Crippen molar-refractivity contribution in [3.63, 3.8) is 0 Å². The summed E-state index contributed by atoms with van der Waals surface area (Å²) in [5, 5.41) is 16.0. The number of nitrogens with two attached hydrogens (primary N) is 1. The predicted octanol–water partition coefficient (Wildman–Crippen LogP) is 2.28. The summed E-state index contributed by atoms with van der Waals surface area (Å²) >= 11 is 1.35. The Kier molecular flexibility index (Phi) is 4.19. The molecular weight excluding hydrogens is 264 g/mol. The Morgan fingerprint density at radius 3 is 3.11 bits per heavy atom. The van der Waals surface area contributed by atoms with Gasteiger partial charge in [-0.05, 0) is 25.1 Å². The number of phenolic OH excluding ortho intramolecular Hbond substituents is 1. The van der Waals surface area contributed by atoms with Crippen molar-refractivity contribution in [2.45, 2.75) is 6.92 Å². The molecule has 0 aliphatic rings. The molecule has 1 heterocycles. The van der Waals surface area contributed by atoms with Crippen LogP contribution in [0.4, 0.5) is 10.9 Å². The van der Waals surface area contributed by atoms with Crippen molar-refractivity contribution in [3.8, 4) is 11.5 Å². The first kappa shape index (κ1) is 13.2. The lowest BCUT2D eigenvalue weighted by Gasteiger charge is -2.05. The number of benzene rings is 1. The molecule has 4 N–H and O–H groups in total. The smallest absolute Gasteiger partial charge is 0.205 e. The van der Waals surface area contributed by atoms with Crippen LogP contribution in [0.15, 0.2) is 28.7 Å².